The van der Waals surface area contributed by atoms with Gasteiger partial charge in [-0.3, -0.25) is 19.7 Å². The van der Waals surface area contributed by atoms with Gasteiger partial charge in [0.2, 0.25) is 5.91 Å². The molecule has 250 valence electrons. The molecule has 6 rings (SSSR count). The Labute approximate surface area is 286 Å². The molecule has 0 radical (unpaired) electrons. The number of carbonyl (C=O) groups is 3. The van der Waals surface area contributed by atoms with Crippen LogP contribution in [0.1, 0.15) is 61.1 Å². The molecule has 1 fully saturated rings. The molecular weight excluding hydrogens is 623 g/mol. The summed E-state index contributed by atoms with van der Waals surface area (Å²) >= 11 is 1.34. The van der Waals surface area contributed by atoms with Crippen molar-refractivity contribution in [1.29, 1.82) is 0 Å². The summed E-state index contributed by atoms with van der Waals surface area (Å²) in [6, 6.07) is 22.9. The summed E-state index contributed by atoms with van der Waals surface area (Å²) < 4.78 is 5.70. The number of anilines is 2. The van der Waals surface area contributed by atoms with Crippen molar-refractivity contribution in [2.24, 2.45) is 5.41 Å². The van der Waals surface area contributed by atoms with Crippen molar-refractivity contribution in [3.63, 3.8) is 0 Å². The van der Waals surface area contributed by atoms with E-state index in [0.717, 1.165) is 47.5 Å². The van der Waals surface area contributed by atoms with Crippen LogP contribution in [0.15, 0.2) is 84.4 Å². The topological polar surface area (TPSA) is 95.1 Å². The van der Waals surface area contributed by atoms with E-state index in [1.54, 1.807) is 16.5 Å². The maximum absolute atomic E-state index is 13.9. The second-order valence-corrected chi connectivity index (χ2v) is 14.4. The van der Waals surface area contributed by atoms with Crippen molar-refractivity contribution in [2.45, 2.75) is 46.2 Å². The second-order valence-electron chi connectivity index (χ2n) is 13.5. The largest absolute Gasteiger partial charge is 0.381 e. The molecule has 1 aromatic heterocycles. The Morgan fingerprint density at radius 2 is 1.67 bits per heavy atom. The minimum absolute atomic E-state index is 0.153. The molecule has 48 heavy (non-hydrogen) atoms. The third-order valence-electron chi connectivity index (χ3n) is 8.93. The molecule has 3 aromatic carbocycles. The average molecular weight is 666 g/mol. The number of nitrogens with zero attached hydrogens (tertiary/aromatic N) is 4. The van der Waals surface area contributed by atoms with E-state index in [-0.39, 0.29) is 23.1 Å². The molecule has 3 heterocycles. The van der Waals surface area contributed by atoms with E-state index >= 15 is 0 Å². The van der Waals surface area contributed by atoms with Crippen molar-refractivity contribution in [3.8, 4) is 11.1 Å². The Morgan fingerprint density at radius 3 is 2.35 bits per heavy atom. The number of fused-ring (bicyclic) bond motifs is 1. The van der Waals surface area contributed by atoms with Gasteiger partial charge in [0, 0.05) is 62.2 Å². The predicted molar refractivity (Wildman–Crippen MR) is 190 cm³/mol. The molecule has 2 aliphatic heterocycles. The highest BCUT2D eigenvalue weighted by Crippen LogP contribution is 2.35. The van der Waals surface area contributed by atoms with Gasteiger partial charge >= 0.3 is 0 Å². The minimum Gasteiger partial charge on any atom is -0.381 e. The Balaban J connectivity index is 1.07. The average Bonchev–Trinajstić information content (AvgIpc) is 3.72. The van der Waals surface area contributed by atoms with Crippen LogP contribution in [0.4, 0.5) is 10.8 Å². The third-order valence-corrected chi connectivity index (χ3v) is 9.62. The van der Waals surface area contributed by atoms with Gasteiger partial charge in [0.1, 0.15) is 6.04 Å². The van der Waals surface area contributed by atoms with E-state index in [2.05, 4.69) is 60.2 Å². The summed E-state index contributed by atoms with van der Waals surface area (Å²) in [5, 5.41) is 5.18. The van der Waals surface area contributed by atoms with Gasteiger partial charge < -0.3 is 19.4 Å². The zero-order chi connectivity index (χ0) is 33.7. The Kier molecular flexibility index (Phi) is 10.2. The molecule has 1 unspecified atom stereocenters. The van der Waals surface area contributed by atoms with Crippen molar-refractivity contribution < 1.29 is 19.1 Å². The van der Waals surface area contributed by atoms with Gasteiger partial charge in [0.25, 0.3) is 11.8 Å². The van der Waals surface area contributed by atoms with Crippen LogP contribution >= 0.6 is 11.3 Å². The molecule has 0 aliphatic carbocycles. The molecule has 10 heteroatoms. The fraction of sp³-hybridized carbons (Fsp3) is 0.368. The summed E-state index contributed by atoms with van der Waals surface area (Å²) in [6.07, 6.45) is 3.04. The highest BCUT2D eigenvalue weighted by atomic mass is 32.1. The van der Waals surface area contributed by atoms with Crippen LogP contribution in [0.5, 0.6) is 0 Å². The summed E-state index contributed by atoms with van der Waals surface area (Å²) in [6.45, 7) is 11.0. The maximum Gasteiger partial charge on any atom is 0.255 e. The first-order chi connectivity index (χ1) is 23.2. The van der Waals surface area contributed by atoms with Gasteiger partial charge in [-0.1, -0.05) is 75.4 Å². The smallest absolute Gasteiger partial charge is 0.255 e. The normalized spacial score (nSPS) is 15.4. The molecule has 1 saturated heterocycles. The minimum atomic E-state index is -0.791. The Morgan fingerprint density at radius 1 is 0.938 bits per heavy atom. The van der Waals surface area contributed by atoms with E-state index in [0.29, 0.717) is 50.0 Å². The standard InChI is InChI=1S/C38H43N5O4S/c1-38(2,3)16-23-47-22-15-33(44)42-20-18-41(19-21-42)31-13-11-27(12-14-31)29-9-10-30-26-43(36(46)32(30)25-29)34(28-7-5-4-6-8-28)35(45)40-37-39-17-24-48-37/h4-14,17,24-25,34H,15-16,18-23,26H2,1-3H3,(H,39,40,45). The highest BCUT2D eigenvalue weighted by Gasteiger charge is 2.38. The number of nitrogens with one attached hydrogen (secondary N) is 1. The lowest BCUT2D eigenvalue weighted by atomic mass is 9.93. The summed E-state index contributed by atoms with van der Waals surface area (Å²) in [4.78, 5) is 50.2. The van der Waals surface area contributed by atoms with Crippen molar-refractivity contribution in [2.75, 3.05) is 49.6 Å². The molecule has 0 bridgehead atoms. The molecule has 2 aliphatic rings. The summed E-state index contributed by atoms with van der Waals surface area (Å²) in [7, 11) is 0. The van der Waals surface area contributed by atoms with Gasteiger partial charge in [0.05, 0.1) is 13.0 Å². The van der Waals surface area contributed by atoms with Crippen LogP contribution in [0.2, 0.25) is 0 Å². The lowest BCUT2D eigenvalue weighted by Crippen LogP contribution is -2.49. The fourth-order valence-corrected chi connectivity index (χ4v) is 6.69. The third kappa shape index (κ3) is 7.94. The van der Waals surface area contributed by atoms with Crippen LogP contribution in [-0.2, 0) is 20.9 Å². The van der Waals surface area contributed by atoms with E-state index in [9.17, 15) is 14.4 Å². The highest BCUT2D eigenvalue weighted by molar-refractivity contribution is 7.13. The number of ether oxygens (including phenoxy) is 1. The monoisotopic (exact) mass is 665 g/mol. The van der Waals surface area contributed by atoms with Crippen molar-refractivity contribution >= 4 is 39.9 Å². The molecule has 4 aromatic rings. The van der Waals surface area contributed by atoms with Crippen LogP contribution in [0.25, 0.3) is 11.1 Å². The molecule has 3 amide bonds. The lowest BCUT2D eigenvalue weighted by molar-refractivity contribution is -0.132. The Bertz CT molecular complexity index is 1710. The molecule has 1 atom stereocenters. The number of hydrogen-bond donors (Lipinski definition) is 1. The molecule has 9 nitrogen and oxygen atoms in total. The number of carbonyl (C=O) groups excluding carboxylic acids is 3. The van der Waals surface area contributed by atoms with Gasteiger partial charge in [-0.05, 0) is 52.3 Å². The van der Waals surface area contributed by atoms with Crippen LogP contribution < -0.4 is 10.2 Å². The van der Waals surface area contributed by atoms with Crippen molar-refractivity contribution in [1.82, 2.24) is 14.8 Å². The van der Waals surface area contributed by atoms with E-state index < -0.39 is 6.04 Å². The zero-order valence-electron chi connectivity index (χ0n) is 27.9. The number of thiazole rings is 1. The first-order valence-corrected chi connectivity index (χ1v) is 17.4. The molecule has 0 spiro atoms. The number of rotatable bonds is 11. The van der Waals surface area contributed by atoms with E-state index in [4.69, 9.17) is 4.74 Å². The van der Waals surface area contributed by atoms with Crippen LogP contribution in [0, 0.1) is 5.41 Å². The molecule has 0 saturated carbocycles. The molecule has 1 N–H and O–H groups in total. The second kappa shape index (κ2) is 14.7. The van der Waals surface area contributed by atoms with Gasteiger partial charge in [-0.25, -0.2) is 4.98 Å². The summed E-state index contributed by atoms with van der Waals surface area (Å²) in [5.74, 6) is -0.310. The van der Waals surface area contributed by atoms with Gasteiger partial charge in [-0.15, -0.1) is 11.3 Å². The summed E-state index contributed by atoms with van der Waals surface area (Å²) in [5.41, 5.74) is 5.54. The Hall–Kier alpha value is -4.54. The SMILES string of the molecule is CC(C)(C)CCOCCC(=O)N1CCN(c2ccc(-c3ccc4c(c3)C(=O)N(C(C(=O)Nc3nccs3)c3ccccc3)C4)cc2)CC1. The van der Waals surface area contributed by atoms with Crippen molar-refractivity contribution in [3.05, 3.63) is 101 Å². The number of amides is 3. The number of hydrogen-bond acceptors (Lipinski definition) is 7. The quantitative estimate of drug-likeness (QED) is 0.181. The number of benzene rings is 3. The zero-order valence-corrected chi connectivity index (χ0v) is 28.7. The first kappa shape index (κ1) is 33.4. The van der Waals surface area contributed by atoms with E-state index in [1.165, 1.54) is 11.3 Å². The predicted octanol–water partition coefficient (Wildman–Crippen LogP) is 6.64. The number of piperazine rings is 1. The van der Waals surface area contributed by atoms with Gasteiger partial charge in [-0.2, -0.15) is 0 Å². The van der Waals surface area contributed by atoms with Crippen LogP contribution in [0.3, 0.4) is 0 Å². The number of aromatic nitrogens is 1. The lowest BCUT2D eigenvalue weighted by Gasteiger charge is -2.36. The molecular formula is C38H43N5O4S. The van der Waals surface area contributed by atoms with Crippen LogP contribution in [-0.4, -0.2) is 71.9 Å². The van der Waals surface area contributed by atoms with Gasteiger partial charge in [0.15, 0.2) is 5.13 Å². The first-order valence-electron chi connectivity index (χ1n) is 16.6. The maximum atomic E-state index is 13.9. The van der Waals surface area contributed by atoms with E-state index in [1.807, 2.05) is 53.4 Å². The fourth-order valence-electron chi connectivity index (χ4n) is 6.16.